The maximum absolute atomic E-state index is 13.5. The van der Waals surface area contributed by atoms with Gasteiger partial charge >= 0.3 is 0 Å². The van der Waals surface area contributed by atoms with Crippen LogP contribution in [0.1, 0.15) is 0 Å². The molecule has 2 N–H and O–H groups in total. The maximum atomic E-state index is 13.5. The van der Waals surface area contributed by atoms with Gasteiger partial charge in [-0.05, 0) is 30.4 Å². The number of benzene rings is 2. The quantitative estimate of drug-likeness (QED) is 0.308. The Bertz CT molecular complexity index is 771. The van der Waals surface area contributed by atoms with Crippen molar-refractivity contribution in [2.24, 2.45) is 0 Å². The summed E-state index contributed by atoms with van der Waals surface area (Å²) >= 11 is 16.3. The SMILES string of the molecule is Fc1c(F)c(F)c(NC(=S)Nc2ccc(Cl)cc2Cl)c(F)c1F. The number of hydrogen-bond donors (Lipinski definition) is 2. The van der Waals surface area contributed by atoms with E-state index in [0.717, 1.165) is 0 Å². The van der Waals surface area contributed by atoms with Crippen molar-refractivity contribution in [2.45, 2.75) is 0 Å². The van der Waals surface area contributed by atoms with Crippen LogP contribution < -0.4 is 10.6 Å². The Kier molecular flexibility index (Phi) is 5.28. The van der Waals surface area contributed by atoms with Crippen LogP contribution >= 0.6 is 35.4 Å². The molecule has 0 saturated carbocycles. The Morgan fingerprint density at radius 1 is 0.826 bits per heavy atom. The molecule has 0 aromatic heterocycles. The van der Waals surface area contributed by atoms with Crippen molar-refractivity contribution in [3.05, 3.63) is 57.3 Å². The van der Waals surface area contributed by atoms with E-state index in [1.54, 1.807) is 0 Å². The first-order valence-electron chi connectivity index (χ1n) is 5.77. The summed E-state index contributed by atoms with van der Waals surface area (Å²) in [7, 11) is 0. The van der Waals surface area contributed by atoms with Gasteiger partial charge in [0.1, 0.15) is 5.69 Å². The van der Waals surface area contributed by atoms with Crippen molar-refractivity contribution in [3.8, 4) is 0 Å². The van der Waals surface area contributed by atoms with Crippen LogP contribution in [0.4, 0.5) is 33.3 Å². The average molecular weight is 387 g/mol. The van der Waals surface area contributed by atoms with Gasteiger partial charge in [-0.2, -0.15) is 0 Å². The maximum Gasteiger partial charge on any atom is 0.200 e. The number of halogens is 7. The van der Waals surface area contributed by atoms with Crippen LogP contribution in [0.2, 0.25) is 10.0 Å². The second-order valence-corrected chi connectivity index (χ2v) is 5.40. The minimum atomic E-state index is -2.26. The first kappa shape index (κ1) is 17.7. The van der Waals surface area contributed by atoms with Crippen molar-refractivity contribution < 1.29 is 22.0 Å². The molecule has 2 aromatic carbocycles. The fourth-order valence-electron chi connectivity index (χ4n) is 1.57. The van der Waals surface area contributed by atoms with E-state index < -0.39 is 39.9 Å². The summed E-state index contributed by atoms with van der Waals surface area (Å²) in [6.45, 7) is 0. The van der Waals surface area contributed by atoms with Crippen LogP contribution in [0.25, 0.3) is 0 Å². The average Bonchev–Trinajstić information content (AvgIpc) is 2.50. The summed E-state index contributed by atoms with van der Waals surface area (Å²) in [6, 6.07) is 4.24. The third-order valence-electron chi connectivity index (χ3n) is 2.63. The van der Waals surface area contributed by atoms with Gasteiger partial charge < -0.3 is 10.6 Å². The molecule has 23 heavy (non-hydrogen) atoms. The predicted molar refractivity (Wildman–Crippen MR) is 82.5 cm³/mol. The normalized spacial score (nSPS) is 10.6. The Labute approximate surface area is 142 Å². The zero-order chi connectivity index (χ0) is 17.3. The minimum Gasteiger partial charge on any atom is -0.331 e. The third-order valence-corrected chi connectivity index (χ3v) is 3.38. The summed E-state index contributed by atoms with van der Waals surface area (Å²) in [6.07, 6.45) is 0. The Hall–Kier alpha value is -1.64. The van der Waals surface area contributed by atoms with Crippen molar-refractivity contribution in [3.63, 3.8) is 0 Å². The van der Waals surface area contributed by atoms with Crippen LogP contribution in [0.3, 0.4) is 0 Å². The summed E-state index contributed by atoms with van der Waals surface area (Å²) in [5.74, 6) is -10.5. The van der Waals surface area contributed by atoms with Gasteiger partial charge in [0.2, 0.25) is 5.82 Å². The number of nitrogens with one attached hydrogen (secondary N) is 2. The second kappa shape index (κ2) is 6.86. The fourth-order valence-corrected chi connectivity index (χ4v) is 2.24. The van der Waals surface area contributed by atoms with Crippen molar-refractivity contribution in [1.29, 1.82) is 0 Å². The van der Waals surface area contributed by atoms with Crippen molar-refractivity contribution in [2.75, 3.05) is 10.6 Å². The van der Waals surface area contributed by atoms with E-state index in [1.807, 2.05) is 5.32 Å². The topological polar surface area (TPSA) is 24.1 Å². The molecule has 0 aliphatic carbocycles. The highest BCUT2D eigenvalue weighted by atomic mass is 35.5. The molecule has 0 spiro atoms. The summed E-state index contributed by atoms with van der Waals surface area (Å²) in [5, 5.41) is 4.40. The molecule has 0 unspecified atom stereocenters. The van der Waals surface area contributed by atoms with Gasteiger partial charge in [-0.15, -0.1) is 0 Å². The standard InChI is InChI=1S/C13H5Cl2F5N2S/c14-4-1-2-6(5(15)3-4)21-13(23)22-12-10(19)8(17)7(16)9(18)11(12)20/h1-3H,(H2,21,22,23). The molecule has 2 aromatic rings. The van der Waals surface area contributed by atoms with Crippen LogP contribution in [-0.2, 0) is 0 Å². The van der Waals surface area contributed by atoms with Gasteiger partial charge in [0.25, 0.3) is 0 Å². The van der Waals surface area contributed by atoms with Crippen molar-refractivity contribution in [1.82, 2.24) is 0 Å². The molecule has 0 aliphatic heterocycles. The van der Waals surface area contributed by atoms with Crippen LogP contribution in [0, 0.1) is 29.1 Å². The first-order chi connectivity index (χ1) is 10.7. The van der Waals surface area contributed by atoms with E-state index in [9.17, 15) is 22.0 Å². The minimum absolute atomic E-state index is 0.138. The second-order valence-electron chi connectivity index (χ2n) is 4.15. The summed E-state index contributed by atoms with van der Waals surface area (Å²) in [5.41, 5.74) is -1.05. The van der Waals surface area contributed by atoms with Crippen LogP contribution in [0.5, 0.6) is 0 Å². The zero-order valence-corrected chi connectivity index (χ0v) is 13.1. The van der Waals surface area contributed by atoms with Crippen LogP contribution in [-0.4, -0.2) is 5.11 Å². The molecule has 0 atom stereocenters. The number of anilines is 2. The lowest BCUT2D eigenvalue weighted by molar-refractivity contribution is 0.382. The van der Waals surface area contributed by atoms with Gasteiger partial charge in [0.05, 0.1) is 10.7 Å². The van der Waals surface area contributed by atoms with E-state index in [2.05, 4.69) is 5.32 Å². The highest BCUT2D eigenvalue weighted by Gasteiger charge is 2.26. The molecular formula is C13H5Cl2F5N2S. The van der Waals surface area contributed by atoms with Gasteiger partial charge in [0.15, 0.2) is 28.4 Å². The Morgan fingerprint density at radius 2 is 1.35 bits per heavy atom. The monoisotopic (exact) mass is 386 g/mol. The van der Waals surface area contributed by atoms with Crippen LogP contribution in [0.15, 0.2) is 18.2 Å². The fraction of sp³-hybridized carbons (Fsp3) is 0. The molecule has 0 aliphatic rings. The largest absolute Gasteiger partial charge is 0.331 e. The molecular weight excluding hydrogens is 382 g/mol. The smallest absolute Gasteiger partial charge is 0.200 e. The first-order valence-corrected chi connectivity index (χ1v) is 6.93. The lowest BCUT2D eigenvalue weighted by Gasteiger charge is -2.14. The molecule has 2 rings (SSSR count). The molecule has 0 saturated heterocycles. The molecule has 10 heteroatoms. The molecule has 0 heterocycles. The van der Waals surface area contributed by atoms with Gasteiger partial charge in [-0.3, -0.25) is 0 Å². The predicted octanol–water partition coefficient (Wildman–Crippen LogP) is 5.50. The molecule has 122 valence electrons. The van der Waals surface area contributed by atoms with Crippen molar-refractivity contribution >= 4 is 51.9 Å². The molecule has 2 nitrogen and oxygen atoms in total. The highest BCUT2D eigenvalue weighted by molar-refractivity contribution is 7.80. The molecule has 0 amide bonds. The Morgan fingerprint density at radius 3 is 1.87 bits per heavy atom. The molecule has 0 radical (unpaired) electrons. The highest BCUT2D eigenvalue weighted by Crippen LogP contribution is 2.28. The lowest BCUT2D eigenvalue weighted by Crippen LogP contribution is -2.22. The molecule has 0 bridgehead atoms. The van der Waals surface area contributed by atoms with Gasteiger partial charge in [-0.25, -0.2) is 22.0 Å². The Balaban J connectivity index is 2.27. The zero-order valence-electron chi connectivity index (χ0n) is 10.8. The van der Waals surface area contributed by atoms with Gasteiger partial charge in [-0.1, -0.05) is 23.2 Å². The summed E-state index contributed by atoms with van der Waals surface area (Å²) < 4.78 is 66.2. The summed E-state index contributed by atoms with van der Waals surface area (Å²) in [4.78, 5) is 0. The van der Waals surface area contributed by atoms with E-state index in [0.29, 0.717) is 5.02 Å². The van der Waals surface area contributed by atoms with Gasteiger partial charge in [0, 0.05) is 5.02 Å². The number of rotatable bonds is 2. The number of hydrogen-bond acceptors (Lipinski definition) is 1. The number of thiocarbonyl (C=S) groups is 1. The van der Waals surface area contributed by atoms with E-state index in [4.69, 9.17) is 35.4 Å². The lowest BCUT2D eigenvalue weighted by atomic mass is 10.2. The van der Waals surface area contributed by atoms with E-state index in [-0.39, 0.29) is 10.7 Å². The third kappa shape index (κ3) is 3.65. The van der Waals surface area contributed by atoms with E-state index in [1.165, 1.54) is 18.2 Å². The van der Waals surface area contributed by atoms with E-state index >= 15 is 0 Å². The molecule has 0 fully saturated rings.